The lowest BCUT2D eigenvalue weighted by Crippen LogP contribution is -2.34. The minimum atomic E-state index is 0.00263. The minimum Gasteiger partial charge on any atom is -0.507 e. The van der Waals surface area contributed by atoms with Crippen molar-refractivity contribution < 1.29 is 9.90 Å². The molecule has 3 unspecified atom stereocenters. The highest BCUT2D eigenvalue weighted by atomic mass is 16.3. The van der Waals surface area contributed by atoms with Gasteiger partial charge in [0.25, 0.3) is 0 Å². The predicted molar refractivity (Wildman–Crippen MR) is 111 cm³/mol. The molecule has 0 bridgehead atoms. The number of carbonyl (C=O) groups excluding carboxylic acids is 1. The number of aromatic nitrogens is 1. The Morgan fingerprint density at radius 3 is 2.86 bits per heavy atom. The summed E-state index contributed by atoms with van der Waals surface area (Å²) in [5, 5.41) is 10.0. The van der Waals surface area contributed by atoms with Gasteiger partial charge in [-0.05, 0) is 49.1 Å². The van der Waals surface area contributed by atoms with Crippen LogP contribution in [0.15, 0.2) is 43.0 Å². The predicted octanol–water partition coefficient (Wildman–Crippen LogP) is 3.04. The van der Waals surface area contributed by atoms with E-state index in [0.717, 1.165) is 30.5 Å². The number of hydrogen-bond acceptors (Lipinski definition) is 4. The van der Waals surface area contributed by atoms with E-state index in [1.54, 1.807) is 24.3 Å². The van der Waals surface area contributed by atoms with E-state index in [9.17, 15) is 9.90 Å². The quantitative estimate of drug-likeness (QED) is 0.613. The van der Waals surface area contributed by atoms with Crippen molar-refractivity contribution in [1.29, 1.82) is 0 Å². The molecule has 2 aliphatic rings. The van der Waals surface area contributed by atoms with Gasteiger partial charge in [0.1, 0.15) is 11.6 Å². The molecule has 0 radical (unpaired) electrons. The van der Waals surface area contributed by atoms with Crippen molar-refractivity contribution in [3.63, 3.8) is 0 Å². The molecule has 1 aliphatic heterocycles. The number of nitrogens with zero attached hydrogens (tertiary/aromatic N) is 1. The Kier molecular flexibility index (Phi) is 4.63. The SMILES string of the molecule is C=CC(=O)N1CC(c2cc(/C=C(\N)c3ccccc3O)c(N)[nH]2)C2CCCC21. The number of nitrogen functional groups attached to an aromatic ring is 1. The lowest BCUT2D eigenvalue weighted by molar-refractivity contribution is -0.126. The van der Waals surface area contributed by atoms with Crippen molar-refractivity contribution in [2.75, 3.05) is 12.3 Å². The van der Waals surface area contributed by atoms with Gasteiger partial charge in [0, 0.05) is 41.0 Å². The normalized spacial score (nSPS) is 24.4. The van der Waals surface area contributed by atoms with Crippen LogP contribution in [-0.2, 0) is 4.79 Å². The number of anilines is 1. The highest BCUT2D eigenvalue weighted by molar-refractivity contribution is 5.88. The standard InChI is InChI=1S/C22H26N4O2/c1-2-21(28)26-12-16(14-7-5-8-19(14)26)18-11-13(22(24)25-18)10-17(23)15-6-3-4-9-20(15)27/h2-4,6,9-11,14,16,19,25,27H,1,5,7-8,12,23-24H2/b17-10-. The maximum absolute atomic E-state index is 12.3. The van der Waals surface area contributed by atoms with Crippen LogP contribution in [0.5, 0.6) is 5.75 Å². The zero-order valence-electron chi connectivity index (χ0n) is 15.8. The highest BCUT2D eigenvalue weighted by Crippen LogP contribution is 2.46. The van der Waals surface area contributed by atoms with Crippen molar-refractivity contribution in [2.45, 2.75) is 31.2 Å². The molecular weight excluding hydrogens is 352 g/mol. The van der Waals surface area contributed by atoms with Gasteiger partial charge in [-0.15, -0.1) is 0 Å². The number of nitrogens with one attached hydrogen (secondary N) is 1. The largest absolute Gasteiger partial charge is 0.507 e. The number of fused-ring (bicyclic) bond motifs is 1. The molecule has 146 valence electrons. The number of para-hydroxylation sites is 1. The monoisotopic (exact) mass is 378 g/mol. The maximum Gasteiger partial charge on any atom is 0.246 e. The molecule has 1 aliphatic carbocycles. The number of nitrogens with two attached hydrogens (primary N) is 2. The number of amides is 1. The zero-order chi connectivity index (χ0) is 19.8. The first-order valence-corrected chi connectivity index (χ1v) is 9.66. The van der Waals surface area contributed by atoms with Crippen LogP contribution in [0.25, 0.3) is 11.8 Å². The van der Waals surface area contributed by atoms with Crippen LogP contribution in [0.1, 0.15) is 42.0 Å². The van der Waals surface area contributed by atoms with Gasteiger partial charge in [0.05, 0.1) is 0 Å². The van der Waals surface area contributed by atoms with Gasteiger partial charge in [-0.1, -0.05) is 25.1 Å². The van der Waals surface area contributed by atoms with Gasteiger partial charge in [0.2, 0.25) is 5.91 Å². The van der Waals surface area contributed by atoms with Gasteiger partial charge in [-0.2, -0.15) is 0 Å². The van der Waals surface area contributed by atoms with Gasteiger partial charge < -0.3 is 26.5 Å². The summed E-state index contributed by atoms with van der Waals surface area (Å²) in [4.78, 5) is 17.5. The second kappa shape index (κ2) is 7.11. The van der Waals surface area contributed by atoms with Crippen LogP contribution in [0, 0.1) is 5.92 Å². The first-order chi connectivity index (χ1) is 13.5. The Morgan fingerprint density at radius 2 is 2.11 bits per heavy atom. The van der Waals surface area contributed by atoms with Gasteiger partial charge in [-0.25, -0.2) is 0 Å². The van der Waals surface area contributed by atoms with Crippen molar-refractivity contribution in [3.05, 3.63) is 59.8 Å². The molecule has 1 aromatic carbocycles. The summed E-state index contributed by atoms with van der Waals surface area (Å²) in [6, 6.07) is 9.25. The van der Waals surface area contributed by atoms with Crippen LogP contribution in [0.4, 0.5) is 5.82 Å². The molecule has 1 saturated carbocycles. The summed E-state index contributed by atoms with van der Waals surface area (Å²) >= 11 is 0. The van der Waals surface area contributed by atoms with E-state index in [0.29, 0.717) is 29.5 Å². The Balaban J connectivity index is 1.63. The third-order valence-electron chi connectivity index (χ3n) is 6.13. The third kappa shape index (κ3) is 3.05. The van der Waals surface area contributed by atoms with Crippen LogP contribution >= 0.6 is 0 Å². The van der Waals surface area contributed by atoms with Gasteiger partial charge in [-0.3, -0.25) is 4.79 Å². The fraction of sp³-hybridized carbons (Fsp3) is 0.318. The van der Waals surface area contributed by atoms with E-state index in [4.69, 9.17) is 11.5 Å². The first-order valence-electron chi connectivity index (χ1n) is 9.66. The minimum absolute atomic E-state index is 0.00263. The molecule has 1 aromatic heterocycles. The molecule has 6 N–H and O–H groups in total. The molecule has 4 rings (SSSR count). The second-order valence-corrected chi connectivity index (χ2v) is 7.67. The Morgan fingerprint density at radius 1 is 1.32 bits per heavy atom. The van der Waals surface area contributed by atoms with E-state index >= 15 is 0 Å². The maximum atomic E-state index is 12.3. The summed E-state index contributed by atoms with van der Waals surface area (Å²) in [5.41, 5.74) is 15.3. The topological polar surface area (TPSA) is 108 Å². The molecule has 2 aromatic rings. The van der Waals surface area contributed by atoms with Gasteiger partial charge >= 0.3 is 0 Å². The summed E-state index contributed by atoms with van der Waals surface area (Å²) in [5.74, 6) is 1.34. The number of phenols is 1. The highest BCUT2D eigenvalue weighted by Gasteiger charge is 2.46. The van der Waals surface area contributed by atoms with Crippen LogP contribution in [0.2, 0.25) is 0 Å². The lowest BCUT2D eigenvalue weighted by atomic mass is 9.90. The number of carbonyl (C=O) groups is 1. The Labute approximate surface area is 164 Å². The molecule has 1 amide bonds. The number of aromatic hydroxyl groups is 1. The zero-order valence-corrected chi connectivity index (χ0v) is 15.8. The van der Waals surface area contributed by atoms with E-state index in [1.165, 1.54) is 6.08 Å². The van der Waals surface area contributed by atoms with Crippen molar-refractivity contribution in [2.24, 2.45) is 11.7 Å². The first kappa shape index (κ1) is 18.2. The summed E-state index contributed by atoms with van der Waals surface area (Å²) in [6.45, 7) is 4.32. The summed E-state index contributed by atoms with van der Waals surface area (Å²) in [6.07, 6.45) is 6.47. The molecule has 6 heteroatoms. The number of benzene rings is 1. The molecule has 1 saturated heterocycles. The molecule has 2 heterocycles. The Bertz CT molecular complexity index is 946. The van der Waals surface area contributed by atoms with Crippen molar-refractivity contribution >= 4 is 23.5 Å². The number of phenolic OH excluding ortho intramolecular Hbond substituents is 1. The summed E-state index contributed by atoms with van der Waals surface area (Å²) in [7, 11) is 0. The van der Waals surface area contributed by atoms with Crippen LogP contribution in [0.3, 0.4) is 0 Å². The Hall–Kier alpha value is -3.15. The van der Waals surface area contributed by atoms with E-state index in [-0.39, 0.29) is 23.6 Å². The number of H-pyrrole nitrogens is 1. The second-order valence-electron chi connectivity index (χ2n) is 7.67. The fourth-order valence-electron chi connectivity index (χ4n) is 4.80. The third-order valence-corrected chi connectivity index (χ3v) is 6.13. The molecule has 28 heavy (non-hydrogen) atoms. The summed E-state index contributed by atoms with van der Waals surface area (Å²) < 4.78 is 0. The smallest absolute Gasteiger partial charge is 0.246 e. The van der Waals surface area contributed by atoms with E-state index < -0.39 is 0 Å². The molecule has 6 nitrogen and oxygen atoms in total. The van der Waals surface area contributed by atoms with E-state index in [2.05, 4.69) is 11.6 Å². The number of rotatable bonds is 4. The number of aromatic amines is 1. The molecule has 0 spiro atoms. The average Bonchev–Trinajstić information content (AvgIpc) is 3.37. The number of likely N-dealkylation sites (tertiary alicyclic amines) is 1. The lowest BCUT2D eigenvalue weighted by Gasteiger charge is -2.21. The van der Waals surface area contributed by atoms with E-state index in [1.807, 2.05) is 17.0 Å². The fourth-order valence-corrected chi connectivity index (χ4v) is 4.80. The number of hydrogen-bond donors (Lipinski definition) is 4. The average molecular weight is 378 g/mol. The molecule has 2 fully saturated rings. The molecule has 3 atom stereocenters. The molecular formula is C22H26N4O2. The van der Waals surface area contributed by atoms with Crippen molar-refractivity contribution in [1.82, 2.24) is 9.88 Å². The van der Waals surface area contributed by atoms with Gasteiger partial charge in [0.15, 0.2) is 0 Å². The van der Waals surface area contributed by atoms with Crippen LogP contribution < -0.4 is 11.5 Å². The van der Waals surface area contributed by atoms with Crippen molar-refractivity contribution in [3.8, 4) is 5.75 Å². The van der Waals surface area contributed by atoms with Crippen LogP contribution in [-0.4, -0.2) is 33.5 Å².